The maximum Gasteiger partial charge on any atom is 0.250 e. The Bertz CT molecular complexity index is 1560. The molecule has 266 valence electrons. The number of pyridine rings is 3. The number of carbonyl (C=O) groups excluding carboxylic acids is 2. The lowest BCUT2D eigenvalue weighted by Crippen LogP contribution is -2.50. The zero-order chi connectivity index (χ0) is 35.9. The van der Waals surface area contributed by atoms with Gasteiger partial charge in [0, 0.05) is 57.5 Å². The number of aliphatic hydroxyl groups is 5. The minimum absolute atomic E-state index is 0.0161. The van der Waals surface area contributed by atoms with Crippen LogP contribution in [0.5, 0.6) is 0 Å². The maximum absolute atomic E-state index is 12.6. The molecular weight excluding hydrogens is 644 g/mol. The van der Waals surface area contributed by atoms with E-state index in [9.17, 15) is 30.0 Å². The van der Waals surface area contributed by atoms with Gasteiger partial charge in [-0.1, -0.05) is 30.3 Å². The number of ether oxygens (including phenoxy) is 1. The molecule has 0 aliphatic carbocycles. The highest BCUT2D eigenvalue weighted by Crippen LogP contribution is 2.14. The largest absolute Gasteiger partial charge is 0.394 e. The number of hydrogen-bond donors (Lipinski definition) is 6. The smallest absolute Gasteiger partial charge is 0.250 e. The van der Waals surface area contributed by atoms with Crippen LogP contribution in [0.2, 0.25) is 0 Å². The number of aliphatic hydroxyl groups excluding tert-OH is 5. The van der Waals surface area contributed by atoms with E-state index in [0.717, 1.165) is 22.6 Å². The Morgan fingerprint density at radius 3 is 1.88 bits per heavy atom. The lowest BCUT2D eigenvalue weighted by molar-refractivity contribution is -0.137. The van der Waals surface area contributed by atoms with E-state index in [1.807, 2.05) is 48.5 Å². The molecule has 0 fully saturated rings. The third-order valence-corrected chi connectivity index (χ3v) is 7.80. The molecule has 0 aliphatic heterocycles. The van der Waals surface area contributed by atoms with Crippen molar-refractivity contribution in [3.63, 3.8) is 0 Å². The van der Waals surface area contributed by atoms with Gasteiger partial charge < -0.3 is 40.5 Å². The summed E-state index contributed by atoms with van der Waals surface area (Å²) in [6.07, 6.45) is -1.43. The number of nitrogens with one attached hydrogen (secondary N) is 1. The average Bonchev–Trinajstić information content (AvgIpc) is 3.13. The Hall–Kier alpha value is -4.67. The molecule has 3 heterocycles. The molecule has 0 aliphatic rings. The quantitative estimate of drug-likeness (QED) is 0.0806. The molecule has 2 amide bonds. The van der Waals surface area contributed by atoms with Gasteiger partial charge in [0.05, 0.1) is 36.7 Å². The standard InChI is InChI=1S/C36H44N6O8/c1-41(21-31(44)35(48)36(49)32(45)22-43)34(47)16-25-8-11-27(12-9-25)40-33(46)24-50-23-26-10-13-30(39-17-26)20-42(18-28-6-2-4-14-37-28)19-29-7-3-5-15-38-29/h2-15,17,31-32,35-36,43-45,48-49H,16,18-24H2,1H3,(H,40,46)/t31-,32+,35+,36+/m0/s1. The molecular formula is C36H44N6O8. The van der Waals surface area contributed by atoms with Crippen molar-refractivity contribution in [2.75, 3.05) is 32.1 Å². The van der Waals surface area contributed by atoms with Crippen molar-refractivity contribution in [2.24, 2.45) is 0 Å². The van der Waals surface area contributed by atoms with Gasteiger partial charge in [-0.05, 0) is 53.6 Å². The normalized spacial score (nSPS) is 13.7. The Balaban J connectivity index is 1.19. The molecule has 0 spiro atoms. The predicted octanol–water partition coefficient (Wildman–Crippen LogP) is 0.666. The highest BCUT2D eigenvalue weighted by Gasteiger charge is 2.31. The molecule has 0 saturated heterocycles. The third-order valence-electron chi connectivity index (χ3n) is 7.80. The zero-order valence-electron chi connectivity index (χ0n) is 27.8. The van der Waals surface area contributed by atoms with Crippen molar-refractivity contribution < 1.29 is 39.9 Å². The molecule has 4 rings (SSSR count). The number of carbonyl (C=O) groups is 2. The highest BCUT2D eigenvalue weighted by atomic mass is 16.5. The second kappa shape index (κ2) is 19.5. The van der Waals surface area contributed by atoms with E-state index in [-0.39, 0.29) is 38.0 Å². The molecule has 4 aromatic rings. The van der Waals surface area contributed by atoms with Crippen LogP contribution in [0.15, 0.2) is 91.4 Å². The van der Waals surface area contributed by atoms with Gasteiger partial charge in [-0.25, -0.2) is 0 Å². The summed E-state index contributed by atoms with van der Waals surface area (Å²) in [5, 5.41) is 51.0. The lowest BCUT2D eigenvalue weighted by Gasteiger charge is -2.28. The number of nitrogens with zero attached hydrogens (tertiary/aromatic N) is 5. The van der Waals surface area contributed by atoms with Crippen molar-refractivity contribution in [2.45, 2.75) is 57.1 Å². The van der Waals surface area contributed by atoms with E-state index < -0.39 is 31.0 Å². The van der Waals surface area contributed by atoms with Crippen LogP contribution in [-0.4, -0.2) is 113 Å². The van der Waals surface area contributed by atoms with Crippen LogP contribution in [0, 0.1) is 0 Å². The van der Waals surface area contributed by atoms with E-state index in [0.29, 0.717) is 30.9 Å². The van der Waals surface area contributed by atoms with Crippen LogP contribution in [0.3, 0.4) is 0 Å². The van der Waals surface area contributed by atoms with Crippen LogP contribution >= 0.6 is 0 Å². The molecule has 14 nitrogen and oxygen atoms in total. The summed E-state index contributed by atoms with van der Waals surface area (Å²) >= 11 is 0. The monoisotopic (exact) mass is 688 g/mol. The second-order valence-corrected chi connectivity index (χ2v) is 11.9. The number of amides is 2. The fourth-order valence-corrected chi connectivity index (χ4v) is 5.00. The number of rotatable bonds is 19. The van der Waals surface area contributed by atoms with Crippen LogP contribution < -0.4 is 5.32 Å². The van der Waals surface area contributed by atoms with Crippen molar-refractivity contribution >= 4 is 17.5 Å². The maximum atomic E-state index is 12.6. The number of hydrogen-bond acceptors (Lipinski definition) is 12. The highest BCUT2D eigenvalue weighted by molar-refractivity contribution is 5.91. The fourth-order valence-electron chi connectivity index (χ4n) is 5.00. The summed E-state index contributed by atoms with van der Waals surface area (Å²) in [6, 6.07) is 22.2. The van der Waals surface area contributed by atoms with Crippen molar-refractivity contribution in [1.29, 1.82) is 0 Å². The molecule has 1 aromatic carbocycles. The molecule has 0 saturated carbocycles. The first-order chi connectivity index (χ1) is 24.1. The van der Waals surface area contributed by atoms with E-state index in [1.165, 1.54) is 11.9 Å². The summed E-state index contributed by atoms with van der Waals surface area (Å²) in [4.78, 5) is 42.0. The van der Waals surface area contributed by atoms with Gasteiger partial charge in [-0.2, -0.15) is 0 Å². The summed E-state index contributed by atoms with van der Waals surface area (Å²) in [7, 11) is 1.43. The van der Waals surface area contributed by atoms with Crippen LogP contribution in [0.1, 0.15) is 28.2 Å². The molecule has 0 unspecified atom stereocenters. The lowest BCUT2D eigenvalue weighted by atomic mass is 10.0. The first kappa shape index (κ1) is 38.1. The SMILES string of the molecule is CN(C[C@H](O)[C@@H](O)[C@H](O)[C@H](O)CO)C(=O)Cc1ccc(NC(=O)COCc2ccc(CN(Cc3ccccn3)Cc3ccccn3)nc2)cc1. The Morgan fingerprint density at radius 2 is 1.34 bits per heavy atom. The minimum atomic E-state index is -1.77. The summed E-state index contributed by atoms with van der Waals surface area (Å²) in [6.45, 7) is 0.804. The summed E-state index contributed by atoms with van der Waals surface area (Å²) in [5.74, 6) is -0.716. The molecule has 3 aromatic heterocycles. The number of likely N-dealkylation sites (N-methyl/N-ethyl adjacent to an activating group) is 1. The fraction of sp³-hybridized carbons (Fsp3) is 0.361. The Morgan fingerprint density at radius 1 is 0.760 bits per heavy atom. The van der Waals surface area contributed by atoms with E-state index in [2.05, 4.69) is 25.2 Å². The van der Waals surface area contributed by atoms with E-state index in [4.69, 9.17) is 9.84 Å². The molecule has 0 bridgehead atoms. The van der Waals surface area contributed by atoms with Gasteiger partial charge >= 0.3 is 0 Å². The van der Waals surface area contributed by atoms with Crippen LogP contribution in [-0.2, 0) is 47.0 Å². The predicted molar refractivity (Wildman–Crippen MR) is 183 cm³/mol. The Kier molecular flexibility index (Phi) is 14.9. The molecule has 14 heteroatoms. The van der Waals surface area contributed by atoms with Crippen LogP contribution in [0.4, 0.5) is 5.69 Å². The molecule has 0 radical (unpaired) electrons. The van der Waals surface area contributed by atoms with Gasteiger partial charge in [-0.3, -0.25) is 29.4 Å². The van der Waals surface area contributed by atoms with Gasteiger partial charge in [0.15, 0.2) is 0 Å². The first-order valence-electron chi connectivity index (χ1n) is 16.1. The Labute approximate surface area is 290 Å². The van der Waals surface area contributed by atoms with E-state index in [1.54, 1.807) is 42.9 Å². The number of anilines is 1. The molecule has 50 heavy (non-hydrogen) atoms. The van der Waals surface area contributed by atoms with Crippen molar-refractivity contribution in [3.8, 4) is 0 Å². The molecule has 4 atom stereocenters. The first-order valence-corrected chi connectivity index (χ1v) is 16.1. The number of benzene rings is 1. The zero-order valence-corrected chi connectivity index (χ0v) is 27.8. The van der Waals surface area contributed by atoms with Crippen molar-refractivity contribution in [3.05, 3.63) is 120 Å². The number of aromatic nitrogens is 3. The summed E-state index contributed by atoms with van der Waals surface area (Å²) in [5.41, 5.74) is 4.77. The second-order valence-electron chi connectivity index (χ2n) is 11.9. The average molecular weight is 689 g/mol. The summed E-state index contributed by atoms with van der Waals surface area (Å²) < 4.78 is 5.61. The van der Waals surface area contributed by atoms with Gasteiger partial charge in [0.1, 0.15) is 31.0 Å². The third kappa shape index (κ3) is 12.3. The minimum Gasteiger partial charge on any atom is -0.394 e. The molecule has 6 N–H and O–H groups in total. The van der Waals surface area contributed by atoms with Crippen molar-refractivity contribution in [1.82, 2.24) is 24.8 Å². The van der Waals surface area contributed by atoms with Gasteiger partial charge in [-0.15, -0.1) is 0 Å². The van der Waals surface area contributed by atoms with Gasteiger partial charge in [0.25, 0.3) is 0 Å². The van der Waals surface area contributed by atoms with Crippen LogP contribution in [0.25, 0.3) is 0 Å². The topological polar surface area (TPSA) is 202 Å². The van der Waals surface area contributed by atoms with E-state index >= 15 is 0 Å². The van der Waals surface area contributed by atoms with Gasteiger partial charge in [0.2, 0.25) is 11.8 Å².